The van der Waals surface area contributed by atoms with Crippen LogP contribution in [0.1, 0.15) is 10.4 Å². The van der Waals surface area contributed by atoms with Gasteiger partial charge in [-0.25, -0.2) is 4.79 Å². The molecule has 0 unspecified atom stereocenters. The van der Waals surface area contributed by atoms with Crippen LogP contribution in [0.3, 0.4) is 0 Å². The molecular weight excluding hydrogens is 241 g/mol. The Kier molecular flexibility index (Phi) is 3.11. The van der Waals surface area contributed by atoms with Crippen LogP contribution >= 0.6 is 0 Å². The molecule has 1 aromatic rings. The Labute approximate surface area is 89.0 Å². The van der Waals surface area contributed by atoms with Gasteiger partial charge >= 0.3 is 16.2 Å². The van der Waals surface area contributed by atoms with Gasteiger partial charge in [0.15, 0.2) is 0 Å². The highest BCUT2D eigenvalue weighted by Gasteiger charge is 2.16. The molecule has 0 aliphatic heterocycles. The number of hydrogen-bond acceptors (Lipinski definition) is 4. The Hall–Kier alpha value is -2.12. The van der Waals surface area contributed by atoms with E-state index in [4.69, 9.17) is 10.6 Å². The van der Waals surface area contributed by atoms with Crippen molar-refractivity contribution in [1.29, 1.82) is 0 Å². The second kappa shape index (κ2) is 4.17. The first-order chi connectivity index (χ1) is 7.34. The summed E-state index contributed by atoms with van der Waals surface area (Å²) in [7, 11) is -5.05. The summed E-state index contributed by atoms with van der Waals surface area (Å²) < 4.78 is 33.8. The average molecular weight is 245 g/mol. The fraction of sp³-hybridized carbons (Fsp3) is 0. The molecule has 16 heavy (non-hydrogen) atoms. The monoisotopic (exact) mass is 245 g/mol. The van der Waals surface area contributed by atoms with Crippen molar-refractivity contribution in [3.8, 4) is 0 Å². The van der Waals surface area contributed by atoms with Gasteiger partial charge in [0, 0.05) is 10.6 Å². The minimum absolute atomic E-state index is 0.293. The molecule has 0 bridgehead atoms. The van der Waals surface area contributed by atoms with Crippen molar-refractivity contribution in [2.24, 2.45) is 5.11 Å². The molecule has 0 heterocycles. The number of carboxylic acids is 1. The lowest BCUT2D eigenvalue weighted by atomic mass is 10.2. The van der Waals surface area contributed by atoms with Crippen molar-refractivity contribution in [2.45, 2.75) is 4.90 Å². The molecule has 0 amide bonds. The third-order valence-electron chi connectivity index (χ3n) is 1.58. The van der Waals surface area contributed by atoms with Gasteiger partial charge < -0.3 is 5.11 Å². The van der Waals surface area contributed by atoms with Gasteiger partial charge in [0.2, 0.25) is 0 Å². The summed E-state index contributed by atoms with van der Waals surface area (Å²) in [5.41, 5.74) is 7.33. The van der Waals surface area contributed by atoms with Gasteiger partial charge in [-0.15, -0.1) is 3.89 Å². The smallest absolute Gasteiger partial charge is 0.335 e. The highest BCUT2D eigenvalue weighted by Crippen LogP contribution is 2.22. The number of aromatic carboxylic acids is 1. The Bertz CT molecular complexity index is 571. The van der Waals surface area contributed by atoms with E-state index in [1.165, 1.54) is 0 Å². The van der Waals surface area contributed by atoms with Crippen LogP contribution in [0.5, 0.6) is 0 Å². The van der Waals surface area contributed by atoms with Crippen molar-refractivity contribution in [3.63, 3.8) is 0 Å². The maximum atomic E-state index is 12.6. The van der Waals surface area contributed by atoms with Crippen molar-refractivity contribution in [3.05, 3.63) is 34.2 Å². The molecule has 0 aliphatic rings. The number of halogens is 1. The highest BCUT2D eigenvalue weighted by molar-refractivity contribution is 7.86. The molecule has 0 saturated carbocycles. The Morgan fingerprint density at radius 1 is 1.44 bits per heavy atom. The van der Waals surface area contributed by atoms with E-state index < -0.39 is 26.7 Å². The first-order valence-corrected chi connectivity index (χ1v) is 5.11. The molecular formula is C7H4FN3O4S. The summed E-state index contributed by atoms with van der Waals surface area (Å²) in [6, 6.07) is 2.30. The zero-order valence-corrected chi connectivity index (χ0v) is 8.35. The van der Waals surface area contributed by atoms with Crippen LogP contribution in [0.4, 0.5) is 9.57 Å². The van der Waals surface area contributed by atoms with Gasteiger partial charge in [-0.1, -0.05) is 5.11 Å². The van der Waals surface area contributed by atoms with Gasteiger partial charge in [-0.2, -0.15) is 8.42 Å². The molecule has 1 aromatic carbocycles. The largest absolute Gasteiger partial charge is 0.478 e. The number of carbonyl (C=O) groups is 1. The third kappa shape index (κ3) is 2.69. The highest BCUT2D eigenvalue weighted by atomic mass is 32.3. The molecule has 7 nitrogen and oxygen atoms in total. The zero-order chi connectivity index (χ0) is 12.3. The van der Waals surface area contributed by atoms with Gasteiger partial charge in [0.05, 0.1) is 10.5 Å². The average Bonchev–Trinajstić information content (AvgIpc) is 2.16. The van der Waals surface area contributed by atoms with Crippen LogP contribution in [0.2, 0.25) is 0 Å². The van der Waals surface area contributed by atoms with Crippen LogP contribution < -0.4 is 0 Å². The second-order valence-corrected chi connectivity index (χ2v) is 4.00. The number of nitrogens with zero attached hydrogens (tertiary/aromatic N) is 3. The standard InChI is InChI=1S/C7H4FN3O4S/c8-16(14,15)6-2-4(7(12)13)1-5(3-6)10-11-9/h1-3H,(H,12,13). The van der Waals surface area contributed by atoms with Gasteiger partial charge in [-0.05, 0) is 23.7 Å². The fourth-order valence-corrected chi connectivity index (χ4v) is 1.49. The summed E-state index contributed by atoms with van der Waals surface area (Å²) in [6.45, 7) is 0. The van der Waals surface area contributed by atoms with Gasteiger partial charge in [0.1, 0.15) is 0 Å². The van der Waals surface area contributed by atoms with Crippen molar-refractivity contribution < 1.29 is 22.2 Å². The Balaban J connectivity index is 3.53. The van der Waals surface area contributed by atoms with Crippen LogP contribution in [0.25, 0.3) is 10.4 Å². The summed E-state index contributed by atoms with van der Waals surface area (Å²) in [6.07, 6.45) is 0. The molecule has 1 rings (SSSR count). The molecule has 84 valence electrons. The van der Waals surface area contributed by atoms with E-state index in [2.05, 4.69) is 10.0 Å². The minimum atomic E-state index is -5.05. The number of benzene rings is 1. The van der Waals surface area contributed by atoms with Crippen molar-refractivity contribution in [1.82, 2.24) is 0 Å². The second-order valence-electron chi connectivity index (χ2n) is 2.65. The van der Waals surface area contributed by atoms with E-state index in [0.29, 0.717) is 6.07 Å². The van der Waals surface area contributed by atoms with E-state index in [1.54, 1.807) is 0 Å². The first-order valence-electron chi connectivity index (χ1n) is 3.73. The lowest BCUT2D eigenvalue weighted by molar-refractivity contribution is 0.0696. The molecule has 0 atom stereocenters. The van der Waals surface area contributed by atoms with Crippen LogP contribution in [0.15, 0.2) is 28.2 Å². The number of hydrogen-bond donors (Lipinski definition) is 1. The Morgan fingerprint density at radius 2 is 2.06 bits per heavy atom. The summed E-state index contributed by atoms with van der Waals surface area (Å²) in [5.74, 6) is -1.46. The van der Waals surface area contributed by atoms with Crippen molar-refractivity contribution >= 4 is 21.9 Å². The topological polar surface area (TPSA) is 120 Å². The summed E-state index contributed by atoms with van der Waals surface area (Å²) >= 11 is 0. The molecule has 0 spiro atoms. The third-order valence-corrected chi connectivity index (χ3v) is 2.38. The Morgan fingerprint density at radius 3 is 2.50 bits per heavy atom. The lowest BCUT2D eigenvalue weighted by Crippen LogP contribution is -1.99. The van der Waals surface area contributed by atoms with Gasteiger partial charge in [-0.3, -0.25) is 0 Å². The maximum absolute atomic E-state index is 12.6. The van der Waals surface area contributed by atoms with E-state index in [1.807, 2.05) is 0 Å². The predicted octanol–water partition coefficient (Wildman–Crippen LogP) is 1.98. The lowest BCUT2D eigenvalue weighted by Gasteiger charge is -2.00. The van der Waals surface area contributed by atoms with E-state index in [-0.39, 0.29) is 5.69 Å². The van der Waals surface area contributed by atoms with Crippen LogP contribution in [-0.2, 0) is 10.2 Å². The number of rotatable bonds is 3. The first kappa shape index (κ1) is 12.0. The van der Waals surface area contributed by atoms with Gasteiger partial charge in [0.25, 0.3) is 0 Å². The zero-order valence-electron chi connectivity index (χ0n) is 7.53. The molecule has 0 radical (unpaired) electrons. The van der Waals surface area contributed by atoms with E-state index >= 15 is 0 Å². The van der Waals surface area contributed by atoms with Crippen LogP contribution in [-0.4, -0.2) is 19.5 Å². The molecule has 0 fully saturated rings. The SMILES string of the molecule is [N-]=[N+]=Nc1cc(C(=O)O)cc(S(=O)(=O)F)c1. The number of azide groups is 1. The van der Waals surface area contributed by atoms with Crippen molar-refractivity contribution in [2.75, 3.05) is 0 Å². The summed E-state index contributed by atoms with van der Waals surface area (Å²) in [4.78, 5) is 12.1. The van der Waals surface area contributed by atoms with E-state index in [0.717, 1.165) is 12.1 Å². The van der Waals surface area contributed by atoms with E-state index in [9.17, 15) is 17.1 Å². The normalized spacial score (nSPS) is 10.6. The molecule has 9 heteroatoms. The summed E-state index contributed by atoms with van der Waals surface area (Å²) in [5, 5.41) is 11.6. The molecule has 1 N–H and O–H groups in total. The molecule has 0 saturated heterocycles. The molecule has 0 aromatic heterocycles. The van der Waals surface area contributed by atoms with Crippen LogP contribution in [0, 0.1) is 0 Å². The predicted molar refractivity (Wildman–Crippen MR) is 50.5 cm³/mol. The molecule has 0 aliphatic carbocycles. The number of carboxylic acid groups (broad SMARTS) is 1. The minimum Gasteiger partial charge on any atom is -0.478 e. The quantitative estimate of drug-likeness (QED) is 0.378. The maximum Gasteiger partial charge on any atom is 0.335 e. The fourth-order valence-electron chi connectivity index (χ4n) is 0.957.